The number of nitrogens with two attached hydrogens (primary N) is 1. The highest BCUT2D eigenvalue weighted by atomic mass is 16.5. The van der Waals surface area contributed by atoms with Gasteiger partial charge in [0.1, 0.15) is 0 Å². The molecule has 0 saturated carbocycles. The fraction of sp³-hybridized carbons (Fsp3) is 0.909. The number of amides is 1. The molecule has 0 aromatic rings. The Balaban J connectivity index is 3.24. The second-order valence-corrected chi connectivity index (χ2v) is 3.86. The zero-order valence-electron chi connectivity index (χ0n) is 9.92. The first-order valence-corrected chi connectivity index (χ1v) is 5.75. The predicted octanol–water partition coefficient (Wildman–Crippen LogP) is 0.904. The third-order valence-electron chi connectivity index (χ3n) is 2.15. The fourth-order valence-corrected chi connectivity index (χ4v) is 1.08. The van der Waals surface area contributed by atoms with Crippen LogP contribution < -0.4 is 11.1 Å². The summed E-state index contributed by atoms with van der Waals surface area (Å²) < 4.78 is 5.32. The van der Waals surface area contributed by atoms with Crippen molar-refractivity contribution in [3.63, 3.8) is 0 Å². The molecule has 0 bridgehead atoms. The van der Waals surface area contributed by atoms with Crippen molar-refractivity contribution in [3.8, 4) is 0 Å². The molecule has 0 spiro atoms. The first-order valence-electron chi connectivity index (χ1n) is 5.75. The Kier molecular flexibility index (Phi) is 9.52. The van der Waals surface area contributed by atoms with Gasteiger partial charge in [0.25, 0.3) is 0 Å². The van der Waals surface area contributed by atoms with Gasteiger partial charge in [-0.3, -0.25) is 4.79 Å². The number of hydrogen-bond acceptors (Lipinski definition) is 3. The Morgan fingerprint density at radius 1 is 1.47 bits per heavy atom. The molecule has 1 amide bonds. The number of nitrogens with one attached hydrogen (secondary N) is 1. The molecule has 15 heavy (non-hydrogen) atoms. The van der Waals surface area contributed by atoms with E-state index in [1.165, 1.54) is 0 Å². The van der Waals surface area contributed by atoms with E-state index in [4.69, 9.17) is 10.5 Å². The quantitative estimate of drug-likeness (QED) is 0.563. The monoisotopic (exact) mass is 216 g/mol. The lowest BCUT2D eigenvalue weighted by atomic mass is 10.1. The molecule has 4 nitrogen and oxygen atoms in total. The van der Waals surface area contributed by atoms with Gasteiger partial charge in [-0.1, -0.05) is 20.3 Å². The van der Waals surface area contributed by atoms with Gasteiger partial charge in [0.05, 0.1) is 6.61 Å². The van der Waals surface area contributed by atoms with Crippen LogP contribution in [0.25, 0.3) is 0 Å². The molecule has 0 fully saturated rings. The van der Waals surface area contributed by atoms with E-state index in [-0.39, 0.29) is 11.8 Å². The van der Waals surface area contributed by atoms with E-state index >= 15 is 0 Å². The third kappa shape index (κ3) is 9.69. The summed E-state index contributed by atoms with van der Waals surface area (Å²) in [5.41, 5.74) is 5.43. The highest BCUT2D eigenvalue weighted by Crippen LogP contribution is 1.97. The van der Waals surface area contributed by atoms with Crippen molar-refractivity contribution in [1.82, 2.24) is 5.32 Å². The SMILES string of the molecule is CCCCOCCNC(=O)CC(C)CN. The Morgan fingerprint density at radius 3 is 2.80 bits per heavy atom. The standard InChI is InChI=1S/C11H24N2O2/c1-3-4-6-15-7-5-13-11(14)8-10(2)9-12/h10H,3-9,12H2,1-2H3,(H,13,14). The number of carbonyl (C=O) groups excluding carboxylic acids is 1. The predicted molar refractivity (Wildman–Crippen MR) is 61.6 cm³/mol. The molecule has 1 atom stereocenters. The van der Waals surface area contributed by atoms with Crippen LogP contribution in [0.5, 0.6) is 0 Å². The Hall–Kier alpha value is -0.610. The van der Waals surface area contributed by atoms with Crippen molar-refractivity contribution in [2.45, 2.75) is 33.1 Å². The summed E-state index contributed by atoms with van der Waals surface area (Å²) in [5.74, 6) is 0.318. The van der Waals surface area contributed by atoms with Crippen molar-refractivity contribution in [2.75, 3.05) is 26.3 Å². The van der Waals surface area contributed by atoms with E-state index in [9.17, 15) is 4.79 Å². The van der Waals surface area contributed by atoms with Gasteiger partial charge in [0.15, 0.2) is 0 Å². The summed E-state index contributed by atoms with van der Waals surface area (Å²) in [6.07, 6.45) is 2.73. The maximum Gasteiger partial charge on any atom is 0.220 e. The minimum atomic E-state index is 0.0621. The van der Waals surface area contributed by atoms with E-state index < -0.39 is 0 Å². The summed E-state index contributed by atoms with van der Waals surface area (Å²) in [5, 5.41) is 2.81. The van der Waals surface area contributed by atoms with Crippen LogP contribution in [0, 0.1) is 5.92 Å². The van der Waals surface area contributed by atoms with E-state index in [1.54, 1.807) is 0 Å². The molecule has 0 aliphatic heterocycles. The largest absolute Gasteiger partial charge is 0.380 e. The molecule has 0 aromatic carbocycles. The van der Waals surface area contributed by atoms with Gasteiger partial charge in [0, 0.05) is 19.6 Å². The molecule has 3 N–H and O–H groups in total. The lowest BCUT2D eigenvalue weighted by Crippen LogP contribution is -2.30. The molecule has 0 heterocycles. The minimum absolute atomic E-state index is 0.0621. The lowest BCUT2D eigenvalue weighted by Gasteiger charge is -2.09. The lowest BCUT2D eigenvalue weighted by molar-refractivity contribution is -0.122. The second kappa shape index (κ2) is 9.93. The first kappa shape index (κ1) is 14.4. The van der Waals surface area contributed by atoms with Crippen LogP contribution in [0.3, 0.4) is 0 Å². The Labute approximate surface area is 92.6 Å². The summed E-state index contributed by atoms with van der Waals surface area (Å²) >= 11 is 0. The highest BCUT2D eigenvalue weighted by Gasteiger charge is 2.06. The van der Waals surface area contributed by atoms with Crippen LogP contribution in [0.4, 0.5) is 0 Å². The molecular weight excluding hydrogens is 192 g/mol. The van der Waals surface area contributed by atoms with Gasteiger partial charge < -0.3 is 15.8 Å². The summed E-state index contributed by atoms with van der Waals surface area (Å²) in [6.45, 7) is 6.63. The van der Waals surface area contributed by atoms with Crippen LogP contribution >= 0.6 is 0 Å². The van der Waals surface area contributed by atoms with Crippen LogP contribution in [0.2, 0.25) is 0 Å². The number of unbranched alkanes of at least 4 members (excludes halogenated alkanes) is 1. The molecular formula is C11H24N2O2. The van der Waals surface area contributed by atoms with Crippen LogP contribution in [-0.2, 0) is 9.53 Å². The molecule has 0 aliphatic carbocycles. The molecule has 4 heteroatoms. The number of rotatable bonds is 9. The maximum atomic E-state index is 11.3. The normalized spacial score (nSPS) is 12.5. The highest BCUT2D eigenvalue weighted by molar-refractivity contribution is 5.76. The van der Waals surface area contributed by atoms with Gasteiger partial charge in [-0.05, 0) is 18.9 Å². The molecule has 0 aromatic heterocycles. The Bertz CT molecular complexity index is 163. The van der Waals surface area contributed by atoms with Gasteiger partial charge in [0.2, 0.25) is 5.91 Å². The molecule has 1 unspecified atom stereocenters. The molecule has 0 aliphatic rings. The van der Waals surface area contributed by atoms with Crippen molar-refractivity contribution < 1.29 is 9.53 Å². The number of hydrogen-bond donors (Lipinski definition) is 2. The van der Waals surface area contributed by atoms with E-state index in [2.05, 4.69) is 12.2 Å². The van der Waals surface area contributed by atoms with Gasteiger partial charge >= 0.3 is 0 Å². The molecule has 0 rings (SSSR count). The number of ether oxygens (including phenoxy) is 1. The Morgan fingerprint density at radius 2 is 2.20 bits per heavy atom. The smallest absolute Gasteiger partial charge is 0.220 e. The number of carbonyl (C=O) groups is 1. The van der Waals surface area contributed by atoms with E-state index in [0.717, 1.165) is 19.4 Å². The van der Waals surface area contributed by atoms with Gasteiger partial charge in [-0.25, -0.2) is 0 Å². The summed E-state index contributed by atoms with van der Waals surface area (Å²) in [6, 6.07) is 0. The molecule has 90 valence electrons. The molecule has 0 radical (unpaired) electrons. The third-order valence-corrected chi connectivity index (χ3v) is 2.15. The summed E-state index contributed by atoms with van der Waals surface area (Å²) in [4.78, 5) is 11.3. The first-order chi connectivity index (χ1) is 7.20. The zero-order chi connectivity index (χ0) is 11.5. The van der Waals surface area contributed by atoms with Gasteiger partial charge in [-0.2, -0.15) is 0 Å². The second-order valence-electron chi connectivity index (χ2n) is 3.86. The van der Waals surface area contributed by atoms with Gasteiger partial charge in [-0.15, -0.1) is 0 Å². The van der Waals surface area contributed by atoms with Crippen LogP contribution in [0.15, 0.2) is 0 Å². The molecule has 0 saturated heterocycles. The van der Waals surface area contributed by atoms with E-state index in [0.29, 0.717) is 26.1 Å². The minimum Gasteiger partial charge on any atom is -0.380 e. The van der Waals surface area contributed by atoms with Crippen LogP contribution in [0.1, 0.15) is 33.1 Å². The summed E-state index contributed by atoms with van der Waals surface area (Å²) in [7, 11) is 0. The zero-order valence-corrected chi connectivity index (χ0v) is 9.92. The topological polar surface area (TPSA) is 64.3 Å². The van der Waals surface area contributed by atoms with Crippen molar-refractivity contribution in [1.29, 1.82) is 0 Å². The maximum absolute atomic E-state index is 11.3. The average Bonchev–Trinajstić information content (AvgIpc) is 2.23. The van der Waals surface area contributed by atoms with Crippen LogP contribution in [-0.4, -0.2) is 32.2 Å². The van der Waals surface area contributed by atoms with Crippen molar-refractivity contribution in [2.24, 2.45) is 11.7 Å². The average molecular weight is 216 g/mol. The fourth-order valence-electron chi connectivity index (χ4n) is 1.08. The van der Waals surface area contributed by atoms with Crippen molar-refractivity contribution >= 4 is 5.91 Å². The van der Waals surface area contributed by atoms with Crippen molar-refractivity contribution in [3.05, 3.63) is 0 Å². The van der Waals surface area contributed by atoms with E-state index in [1.807, 2.05) is 6.92 Å².